The van der Waals surface area contributed by atoms with Gasteiger partial charge in [-0.2, -0.15) is 0 Å². The van der Waals surface area contributed by atoms with Crippen LogP contribution in [0.5, 0.6) is 0 Å². The van der Waals surface area contributed by atoms with Crippen LogP contribution in [0.15, 0.2) is 29.2 Å². The van der Waals surface area contributed by atoms with Crippen molar-refractivity contribution < 1.29 is 22.8 Å². The average Bonchev–Trinajstić information content (AvgIpc) is 2.90. The second kappa shape index (κ2) is 7.75. The van der Waals surface area contributed by atoms with Gasteiger partial charge in [0, 0.05) is 40.7 Å². The minimum atomic E-state index is -3.47. The van der Waals surface area contributed by atoms with E-state index >= 15 is 0 Å². The molecule has 9 nitrogen and oxygen atoms in total. The van der Waals surface area contributed by atoms with Gasteiger partial charge in [0.15, 0.2) is 0 Å². The summed E-state index contributed by atoms with van der Waals surface area (Å²) in [6, 6.07) is 6.14. The lowest BCUT2D eigenvalue weighted by atomic mass is 9.87. The number of benzene rings is 1. The van der Waals surface area contributed by atoms with Crippen molar-refractivity contribution in [3.05, 3.63) is 29.8 Å². The molecule has 2 aliphatic heterocycles. The molecule has 2 saturated heterocycles. The van der Waals surface area contributed by atoms with Gasteiger partial charge in [-0.25, -0.2) is 17.5 Å². The molecule has 0 aliphatic carbocycles. The Morgan fingerprint density at radius 3 is 2.21 bits per heavy atom. The van der Waals surface area contributed by atoms with Crippen LogP contribution in [-0.4, -0.2) is 80.1 Å². The van der Waals surface area contributed by atoms with Crippen LogP contribution in [0.2, 0.25) is 0 Å². The number of nitrogens with one attached hydrogen (secondary N) is 1. The minimum Gasteiger partial charge on any atom is -0.342 e. The summed E-state index contributed by atoms with van der Waals surface area (Å²) in [4.78, 5) is 39.6. The summed E-state index contributed by atoms with van der Waals surface area (Å²) in [5.41, 5.74) is 0.000472. The topological polar surface area (TPSA) is 107 Å². The molecule has 0 aromatic heterocycles. The predicted octanol–water partition coefficient (Wildman–Crippen LogP) is 0.412. The zero-order valence-electron chi connectivity index (χ0n) is 16.8. The van der Waals surface area contributed by atoms with Crippen molar-refractivity contribution in [2.75, 3.05) is 34.2 Å². The number of imide groups is 1. The molecule has 0 radical (unpaired) electrons. The Balaban J connectivity index is 1.53. The summed E-state index contributed by atoms with van der Waals surface area (Å²) in [6.45, 7) is 0.831. The molecule has 1 spiro atoms. The van der Waals surface area contributed by atoms with Crippen molar-refractivity contribution in [2.45, 2.75) is 36.1 Å². The number of rotatable bonds is 5. The van der Waals surface area contributed by atoms with Gasteiger partial charge in [0.2, 0.25) is 15.9 Å². The highest BCUT2D eigenvalue weighted by Gasteiger charge is 2.51. The third kappa shape index (κ3) is 3.99. The number of likely N-dealkylation sites (tertiary alicyclic amines) is 1. The quantitative estimate of drug-likeness (QED) is 0.692. The molecule has 1 aromatic rings. The van der Waals surface area contributed by atoms with E-state index < -0.39 is 21.6 Å². The second-order valence-corrected chi connectivity index (χ2v) is 9.84. The molecule has 0 bridgehead atoms. The van der Waals surface area contributed by atoms with E-state index in [4.69, 9.17) is 0 Å². The Bertz CT molecular complexity index is 918. The number of aryl methyl sites for hydroxylation is 1. The zero-order chi connectivity index (χ0) is 21.4. The number of carbonyl (C=O) groups excluding carboxylic acids is 3. The Hall–Kier alpha value is -2.46. The first-order chi connectivity index (χ1) is 13.6. The van der Waals surface area contributed by atoms with Crippen molar-refractivity contribution in [3.63, 3.8) is 0 Å². The average molecular weight is 423 g/mol. The fourth-order valence-electron chi connectivity index (χ4n) is 3.68. The number of nitrogens with zero attached hydrogens (tertiary/aromatic N) is 3. The van der Waals surface area contributed by atoms with E-state index in [1.165, 1.54) is 21.1 Å². The number of hydrogen-bond acceptors (Lipinski definition) is 5. The fraction of sp³-hybridized carbons (Fsp3) is 0.526. The third-order valence-corrected chi connectivity index (χ3v) is 7.49. The van der Waals surface area contributed by atoms with Crippen molar-refractivity contribution in [3.8, 4) is 0 Å². The number of likely N-dealkylation sites (N-methyl/N-ethyl adjacent to an activating group) is 1. The van der Waals surface area contributed by atoms with Crippen LogP contribution in [0.3, 0.4) is 0 Å². The highest BCUT2D eigenvalue weighted by molar-refractivity contribution is 7.89. The van der Waals surface area contributed by atoms with Crippen LogP contribution >= 0.6 is 0 Å². The summed E-state index contributed by atoms with van der Waals surface area (Å²) >= 11 is 0. The molecule has 4 amide bonds. The fourth-order valence-corrected chi connectivity index (χ4v) is 4.58. The van der Waals surface area contributed by atoms with Gasteiger partial charge in [0.1, 0.15) is 5.54 Å². The summed E-state index contributed by atoms with van der Waals surface area (Å²) in [7, 11) is 0.948. The largest absolute Gasteiger partial charge is 0.342 e. The lowest BCUT2D eigenvalue weighted by Crippen LogP contribution is -2.55. The van der Waals surface area contributed by atoms with E-state index in [2.05, 4.69) is 5.32 Å². The maximum Gasteiger partial charge on any atom is 0.324 e. The normalized spacial score (nSPS) is 19.2. The standard InChI is InChI=1S/C19H26N4O5S/c1-21(2)29(27,28)15-7-4-14(5-8-15)6-9-16(24)23-12-10-19(11-13-23)17(25)22(3)18(26)20-19/h4-5,7-8H,6,9-13H2,1-3H3,(H,20,26). The van der Waals surface area contributed by atoms with Crippen molar-refractivity contribution in [1.82, 2.24) is 19.4 Å². The molecule has 2 heterocycles. The molecule has 0 unspecified atom stereocenters. The van der Waals surface area contributed by atoms with Crippen molar-refractivity contribution in [1.29, 1.82) is 0 Å². The molecule has 1 N–H and O–H groups in total. The molecule has 158 valence electrons. The van der Waals surface area contributed by atoms with E-state index in [0.717, 1.165) is 14.8 Å². The zero-order valence-corrected chi connectivity index (χ0v) is 17.7. The molecule has 1 aromatic carbocycles. The predicted molar refractivity (Wildman–Crippen MR) is 105 cm³/mol. The summed E-state index contributed by atoms with van der Waals surface area (Å²) in [6.07, 6.45) is 1.61. The number of sulfonamides is 1. The number of hydrogen-bond donors (Lipinski definition) is 1. The first-order valence-electron chi connectivity index (χ1n) is 9.46. The number of amides is 4. The first-order valence-corrected chi connectivity index (χ1v) is 10.9. The van der Waals surface area contributed by atoms with Gasteiger partial charge in [0.05, 0.1) is 4.90 Å². The van der Waals surface area contributed by atoms with Crippen molar-refractivity contribution in [2.24, 2.45) is 0 Å². The second-order valence-electron chi connectivity index (χ2n) is 7.69. The molecule has 3 rings (SSSR count). The van der Waals surface area contributed by atoms with Gasteiger partial charge >= 0.3 is 6.03 Å². The van der Waals surface area contributed by atoms with E-state index in [0.29, 0.717) is 38.8 Å². The Labute approximate surface area is 170 Å². The SMILES string of the molecule is CN1C(=O)NC2(CCN(C(=O)CCc3ccc(S(=O)(=O)N(C)C)cc3)CC2)C1=O. The summed E-state index contributed by atoms with van der Waals surface area (Å²) in [5.74, 6) is -0.252. The van der Waals surface area contributed by atoms with Crippen LogP contribution in [0.4, 0.5) is 4.79 Å². The van der Waals surface area contributed by atoms with Gasteiger partial charge in [-0.05, 0) is 37.0 Å². The lowest BCUT2D eigenvalue weighted by molar-refractivity contribution is -0.138. The lowest BCUT2D eigenvalue weighted by Gasteiger charge is -2.37. The Morgan fingerprint density at radius 1 is 1.14 bits per heavy atom. The number of urea groups is 1. The van der Waals surface area contributed by atoms with Crippen molar-refractivity contribution >= 4 is 27.9 Å². The maximum absolute atomic E-state index is 12.5. The molecule has 2 fully saturated rings. The maximum atomic E-state index is 12.5. The van der Waals surface area contributed by atoms with Gasteiger partial charge in [-0.3, -0.25) is 14.5 Å². The van der Waals surface area contributed by atoms with Gasteiger partial charge < -0.3 is 10.2 Å². The van der Waals surface area contributed by atoms with Gasteiger partial charge in [-0.1, -0.05) is 12.1 Å². The Kier molecular flexibility index (Phi) is 5.68. The van der Waals surface area contributed by atoms with E-state index in [1.54, 1.807) is 29.2 Å². The monoisotopic (exact) mass is 422 g/mol. The van der Waals surface area contributed by atoms with Gasteiger partial charge in [0.25, 0.3) is 5.91 Å². The van der Waals surface area contributed by atoms with Crippen LogP contribution in [-0.2, 0) is 26.0 Å². The number of carbonyl (C=O) groups is 3. The molecular weight excluding hydrogens is 396 g/mol. The van der Waals surface area contributed by atoms with E-state index in [9.17, 15) is 22.8 Å². The molecule has 0 atom stereocenters. The van der Waals surface area contributed by atoms with Crippen LogP contribution in [0.25, 0.3) is 0 Å². The number of piperidine rings is 1. The minimum absolute atomic E-state index is 0.0185. The highest BCUT2D eigenvalue weighted by Crippen LogP contribution is 2.29. The summed E-state index contributed by atoms with van der Waals surface area (Å²) in [5, 5.41) is 2.76. The van der Waals surface area contributed by atoms with Crippen LogP contribution < -0.4 is 5.32 Å². The van der Waals surface area contributed by atoms with Crippen LogP contribution in [0.1, 0.15) is 24.8 Å². The molecule has 2 aliphatic rings. The van der Waals surface area contributed by atoms with E-state index in [1.807, 2.05) is 0 Å². The highest BCUT2D eigenvalue weighted by atomic mass is 32.2. The molecule has 29 heavy (non-hydrogen) atoms. The van der Waals surface area contributed by atoms with Gasteiger partial charge in [-0.15, -0.1) is 0 Å². The Morgan fingerprint density at radius 2 is 1.72 bits per heavy atom. The molecular formula is C19H26N4O5S. The summed E-state index contributed by atoms with van der Waals surface area (Å²) < 4.78 is 25.4. The molecule has 0 saturated carbocycles. The molecule has 10 heteroatoms. The van der Waals surface area contributed by atoms with Crippen LogP contribution in [0, 0.1) is 0 Å². The smallest absolute Gasteiger partial charge is 0.324 e. The van der Waals surface area contributed by atoms with E-state index in [-0.39, 0.29) is 16.7 Å². The first kappa shape index (κ1) is 21.3. The third-order valence-electron chi connectivity index (χ3n) is 5.66.